The van der Waals surface area contributed by atoms with E-state index in [4.69, 9.17) is 9.47 Å². The number of guanidine groups is 1. The number of ether oxygens (including phenoxy) is 2. The first kappa shape index (κ1) is 22.4. The molecule has 0 aliphatic carbocycles. The molecule has 1 unspecified atom stereocenters. The van der Waals surface area contributed by atoms with Crippen molar-refractivity contribution in [3.63, 3.8) is 0 Å². The van der Waals surface area contributed by atoms with Crippen LogP contribution in [-0.4, -0.2) is 62.3 Å². The second-order valence-corrected chi connectivity index (χ2v) is 7.14. The van der Waals surface area contributed by atoms with E-state index >= 15 is 0 Å². The highest BCUT2D eigenvalue weighted by molar-refractivity contribution is 14.0. The van der Waals surface area contributed by atoms with E-state index in [0.717, 1.165) is 31.3 Å². The zero-order valence-electron chi connectivity index (χ0n) is 15.4. The van der Waals surface area contributed by atoms with Gasteiger partial charge in [0.05, 0.1) is 6.61 Å². The molecule has 2 rings (SSSR count). The molecule has 1 heterocycles. The second kappa shape index (κ2) is 12.6. The summed E-state index contributed by atoms with van der Waals surface area (Å²) in [5, 5.41) is 4.19. The van der Waals surface area contributed by atoms with E-state index in [0.29, 0.717) is 18.5 Å². The highest BCUT2D eigenvalue weighted by atomic mass is 127. The zero-order valence-corrected chi connectivity index (χ0v) is 18.5. The van der Waals surface area contributed by atoms with E-state index in [1.165, 1.54) is 17.7 Å². The first-order chi connectivity index (χ1) is 11.8. The number of hydrogen-bond donors (Lipinski definition) is 1. The Morgan fingerprint density at radius 2 is 2.08 bits per heavy atom. The van der Waals surface area contributed by atoms with Gasteiger partial charge in [0.15, 0.2) is 5.96 Å². The third-order valence-electron chi connectivity index (χ3n) is 4.04. The van der Waals surface area contributed by atoms with E-state index in [1.54, 1.807) is 7.11 Å². The van der Waals surface area contributed by atoms with Gasteiger partial charge in [0.2, 0.25) is 0 Å². The van der Waals surface area contributed by atoms with Gasteiger partial charge in [0, 0.05) is 44.8 Å². The number of halogens is 1. The lowest BCUT2D eigenvalue weighted by molar-refractivity contribution is 0.146. The molecule has 5 nitrogen and oxygen atoms in total. The Kier molecular flexibility index (Phi) is 11.3. The lowest BCUT2D eigenvalue weighted by Gasteiger charge is -2.34. The van der Waals surface area contributed by atoms with Crippen LogP contribution in [0.15, 0.2) is 29.3 Å². The Labute approximate surface area is 173 Å². The third kappa shape index (κ3) is 7.62. The van der Waals surface area contributed by atoms with Gasteiger partial charge in [-0.2, -0.15) is 11.8 Å². The average molecular weight is 479 g/mol. The van der Waals surface area contributed by atoms with Crippen LogP contribution in [0.3, 0.4) is 0 Å². The van der Waals surface area contributed by atoms with Crippen LogP contribution in [0.25, 0.3) is 0 Å². The van der Waals surface area contributed by atoms with Gasteiger partial charge in [-0.05, 0) is 24.1 Å². The lowest BCUT2D eigenvalue weighted by atomic mass is 10.2. The Balaban J connectivity index is 0.00000312. The second-order valence-electron chi connectivity index (χ2n) is 5.73. The van der Waals surface area contributed by atoms with E-state index in [2.05, 4.69) is 46.0 Å². The summed E-state index contributed by atoms with van der Waals surface area (Å²) in [4.78, 5) is 6.81. The first-order valence-electron chi connectivity index (χ1n) is 8.54. The van der Waals surface area contributed by atoms with Crippen LogP contribution in [0.1, 0.15) is 18.9 Å². The molecule has 0 amide bonds. The van der Waals surface area contributed by atoms with Crippen LogP contribution < -0.4 is 10.1 Å². The Morgan fingerprint density at radius 1 is 1.32 bits per heavy atom. The Hall–Kier alpha value is -0.670. The summed E-state index contributed by atoms with van der Waals surface area (Å²) < 4.78 is 10.6. The summed E-state index contributed by atoms with van der Waals surface area (Å²) in [7, 11) is 3.53. The summed E-state index contributed by atoms with van der Waals surface area (Å²) in [5.74, 6) is 3.04. The van der Waals surface area contributed by atoms with Crippen molar-refractivity contribution in [2.24, 2.45) is 4.99 Å². The summed E-state index contributed by atoms with van der Waals surface area (Å²) >= 11 is 2.07. The maximum absolute atomic E-state index is 5.59. The van der Waals surface area contributed by atoms with Crippen LogP contribution in [0.2, 0.25) is 0 Å². The SMILES string of the molecule is CCC1CN(C(=NC)NCc2ccc(OCCOC)cc2)CCS1.I. The molecule has 25 heavy (non-hydrogen) atoms. The fourth-order valence-corrected chi connectivity index (χ4v) is 3.80. The monoisotopic (exact) mass is 479 g/mol. The number of aliphatic imine (C=N–C) groups is 1. The summed E-state index contributed by atoms with van der Waals surface area (Å²) in [6, 6.07) is 8.17. The number of rotatable bonds is 7. The van der Waals surface area contributed by atoms with Crippen molar-refractivity contribution < 1.29 is 9.47 Å². The van der Waals surface area contributed by atoms with Crippen molar-refractivity contribution in [3.05, 3.63) is 29.8 Å². The molecule has 1 aromatic carbocycles. The summed E-state index contributed by atoms with van der Waals surface area (Å²) in [5.41, 5.74) is 1.22. The zero-order chi connectivity index (χ0) is 17.2. The van der Waals surface area contributed by atoms with Crippen LogP contribution in [0, 0.1) is 0 Å². The van der Waals surface area contributed by atoms with Crippen molar-refractivity contribution in [2.75, 3.05) is 46.2 Å². The molecule has 1 aliphatic rings. The Morgan fingerprint density at radius 3 is 2.72 bits per heavy atom. The maximum Gasteiger partial charge on any atom is 0.193 e. The summed E-state index contributed by atoms with van der Waals surface area (Å²) in [6.45, 7) is 6.35. The van der Waals surface area contributed by atoms with Gasteiger partial charge >= 0.3 is 0 Å². The normalized spacial score (nSPS) is 17.8. The highest BCUT2D eigenvalue weighted by Gasteiger charge is 2.21. The molecule has 0 saturated carbocycles. The standard InChI is InChI=1S/C18H29N3O2S.HI/c1-4-17-14-21(9-12-24-17)18(19-2)20-13-15-5-7-16(8-6-15)23-11-10-22-3;/h5-8,17H,4,9-14H2,1-3H3,(H,19,20);1H. The third-order valence-corrected chi connectivity index (χ3v) is 5.41. The molecule has 0 aromatic heterocycles. The first-order valence-corrected chi connectivity index (χ1v) is 9.59. The summed E-state index contributed by atoms with van der Waals surface area (Å²) in [6.07, 6.45) is 1.21. The van der Waals surface area contributed by atoms with Gasteiger partial charge in [0.25, 0.3) is 0 Å². The van der Waals surface area contributed by atoms with E-state index < -0.39 is 0 Å². The largest absolute Gasteiger partial charge is 0.491 e. The van der Waals surface area contributed by atoms with Crippen molar-refractivity contribution in [1.29, 1.82) is 0 Å². The fraction of sp³-hybridized carbons (Fsp3) is 0.611. The molecule has 1 N–H and O–H groups in total. The molecule has 1 atom stereocenters. The number of methoxy groups -OCH3 is 1. The number of thioether (sulfide) groups is 1. The van der Waals surface area contributed by atoms with Crippen LogP contribution in [-0.2, 0) is 11.3 Å². The van der Waals surface area contributed by atoms with Crippen LogP contribution >= 0.6 is 35.7 Å². The number of hydrogen-bond acceptors (Lipinski definition) is 4. The predicted octanol–water partition coefficient (Wildman–Crippen LogP) is 3.23. The van der Waals surface area contributed by atoms with Crippen molar-refractivity contribution >= 4 is 41.7 Å². The molecule has 142 valence electrons. The van der Waals surface area contributed by atoms with Gasteiger partial charge in [0.1, 0.15) is 12.4 Å². The van der Waals surface area contributed by atoms with Gasteiger partial charge in [-0.15, -0.1) is 24.0 Å². The smallest absolute Gasteiger partial charge is 0.193 e. The van der Waals surface area contributed by atoms with Crippen LogP contribution in [0.4, 0.5) is 0 Å². The van der Waals surface area contributed by atoms with Gasteiger partial charge in [-0.25, -0.2) is 0 Å². The number of nitrogens with zero attached hydrogens (tertiary/aromatic N) is 2. The molecule has 1 saturated heterocycles. The molecule has 1 fully saturated rings. The molecule has 0 bridgehead atoms. The Bertz CT molecular complexity index is 514. The van der Waals surface area contributed by atoms with Crippen molar-refractivity contribution in [1.82, 2.24) is 10.2 Å². The molecule has 0 spiro atoms. The van der Waals surface area contributed by atoms with Crippen molar-refractivity contribution in [3.8, 4) is 5.75 Å². The van der Waals surface area contributed by atoms with Crippen LogP contribution in [0.5, 0.6) is 5.75 Å². The number of benzene rings is 1. The van der Waals surface area contributed by atoms with Crippen molar-refractivity contribution in [2.45, 2.75) is 25.1 Å². The van der Waals surface area contributed by atoms with Gasteiger partial charge < -0.3 is 19.7 Å². The van der Waals surface area contributed by atoms with E-state index in [9.17, 15) is 0 Å². The van der Waals surface area contributed by atoms with Gasteiger partial charge in [-0.3, -0.25) is 4.99 Å². The van der Waals surface area contributed by atoms with Gasteiger partial charge in [-0.1, -0.05) is 19.1 Å². The predicted molar refractivity (Wildman–Crippen MR) is 118 cm³/mol. The molecule has 7 heteroatoms. The minimum absolute atomic E-state index is 0. The average Bonchev–Trinajstić information content (AvgIpc) is 2.64. The minimum atomic E-state index is 0. The quantitative estimate of drug-likeness (QED) is 0.282. The molecule has 1 aromatic rings. The number of nitrogens with one attached hydrogen (secondary N) is 1. The fourth-order valence-electron chi connectivity index (χ4n) is 2.62. The molecule has 0 radical (unpaired) electrons. The molecular weight excluding hydrogens is 449 g/mol. The minimum Gasteiger partial charge on any atom is -0.491 e. The van der Waals surface area contributed by atoms with E-state index in [1.807, 2.05) is 19.2 Å². The molecule has 1 aliphatic heterocycles. The topological polar surface area (TPSA) is 46.1 Å². The van der Waals surface area contributed by atoms with E-state index in [-0.39, 0.29) is 24.0 Å². The molecular formula is C18H30IN3O2S. The lowest BCUT2D eigenvalue weighted by Crippen LogP contribution is -2.47. The highest BCUT2D eigenvalue weighted by Crippen LogP contribution is 2.21. The maximum atomic E-state index is 5.59.